The summed E-state index contributed by atoms with van der Waals surface area (Å²) in [4.78, 5) is 15.3. The van der Waals surface area contributed by atoms with E-state index in [0.717, 1.165) is 19.0 Å². The summed E-state index contributed by atoms with van der Waals surface area (Å²) in [6.45, 7) is 0.735. The average Bonchev–Trinajstić information content (AvgIpc) is 2.85. The Balaban J connectivity index is 1.88. The molecule has 0 aliphatic heterocycles. The maximum absolute atomic E-state index is 12.1. The van der Waals surface area contributed by atoms with Crippen LogP contribution in [0.1, 0.15) is 12.8 Å². The van der Waals surface area contributed by atoms with Gasteiger partial charge in [0.25, 0.3) is 0 Å². The van der Waals surface area contributed by atoms with Crippen LogP contribution >= 0.6 is 7.26 Å². The van der Waals surface area contributed by atoms with Gasteiger partial charge >= 0.3 is 198 Å². The van der Waals surface area contributed by atoms with Gasteiger partial charge in [0.2, 0.25) is 0 Å². The van der Waals surface area contributed by atoms with Crippen LogP contribution in [0.25, 0.3) is 0 Å². The number of hydrogen-bond acceptors (Lipinski definition) is 2. The Morgan fingerprint density at radius 3 is 1.58 bits per heavy atom. The van der Waals surface area contributed by atoms with Crippen LogP contribution in [0.15, 0.2) is 91.0 Å². The van der Waals surface area contributed by atoms with E-state index in [0.29, 0.717) is 6.54 Å². The first-order valence-corrected chi connectivity index (χ1v) is 13.6. The van der Waals surface area contributed by atoms with Crippen molar-refractivity contribution in [2.24, 2.45) is 5.73 Å². The number of benzene rings is 3. The van der Waals surface area contributed by atoms with E-state index in [-0.39, 0.29) is 18.4 Å². The molecule has 0 aromatic heterocycles. The van der Waals surface area contributed by atoms with Gasteiger partial charge in [-0.15, -0.1) is 0 Å². The summed E-state index contributed by atoms with van der Waals surface area (Å²) in [5.41, 5.74) is 5.77. The van der Waals surface area contributed by atoms with Crippen molar-refractivity contribution in [1.82, 2.24) is 9.80 Å². The number of nitrogens with two attached hydrogens (primary N) is 1. The molecule has 0 unspecified atom stereocenters. The molecule has 0 aliphatic carbocycles. The monoisotopic (exact) mass is 462 g/mol. The number of guanidine groups is 1. The zero-order chi connectivity index (χ0) is 23.7. The molecule has 0 heterocycles. The molecule has 3 aromatic carbocycles. The van der Waals surface area contributed by atoms with Crippen LogP contribution in [-0.4, -0.2) is 55.0 Å². The van der Waals surface area contributed by atoms with Crippen molar-refractivity contribution in [3.05, 3.63) is 91.0 Å². The molecule has 3 rings (SSSR count). The Hall–Kier alpha value is -3.17. The number of carbonyl (C=O) groups is 1. The standard InChI is InChI=1S/C27H35N4OP/c1-30(2)26(32)22-31(27(28)29)20-12-13-21-33(23-14-6-3-7-15-23,24-16-8-4-9-17-24)25-18-10-5-11-19-25/h3-11,14-19,33H,12-13,20-22H2,1-2H3,(H3,28,29). The molecule has 0 radical (unpaired) electrons. The minimum absolute atomic E-state index is 0.0493. The van der Waals surface area contributed by atoms with Gasteiger partial charge in [0.1, 0.15) is 0 Å². The van der Waals surface area contributed by atoms with Gasteiger partial charge in [-0.3, -0.25) is 0 Å². The Kier molecular flexibility index (Phi) is 8.62. The molecule has 6 heteroatoms. The van der Waals surface area contributed by atoms with E-state index in [4.69, 9.17) is 11.1 Å². The predicted octanol–water partition coefficient (Wildman–Crippen LogP) is 2.78. The Morgan fingerprint density at radius 1 is 0.788 bits per heavy atom. The average molecular weight is 463 g/mol. The summed E-state index contributed by atoms with van der Waals surface area (Å²) in [5.74, 6) is -0.102. The Labute approximate surface area is 198 Å². The minimum atomic E-state index is -2.25. The van der Waals surface area contributed by atoms with Gasteiger partial charge in [-0.1, -0.05) is 0 Å². The van der Waals surface area contributed by atoms with E-state index >= 15 is 0 Å². The molecule has 0 saturated heterocycles. The first-order chi connectivity index (χ1) is 15.9. The number of likely N-dealkylation sites (N-methyl/N-ethyl adjacent to an activating group) is 1. The molecule has 1 amide bonds. The molecular formula is C27H35N4OP. The van der Waals surface area contributed by atoms with Crippen LogP contribution in [0, 0.1) is 5.41 Å². The van der Waals surface area contributed by atoms with E-state index in [2.05, 4.69) is 91.0 Å². The topological polar surface area (TPSA) is 73.4 Å². The third-order valence-electron chi connectivity index (χ3n) is 6.20. The van der Waals surface area contributed by atoms with Gasteiger partial charge in [-0.2, -0.15) is 0 Å². The summed E-state index contributed by atoms with van der Waals surface area (Å²) in [7, 11) is 1.19. The van der Waals surface area contributed by atoms with Crippen LogP contribution in [0.5, 0.6) is 0 Å². The van der Waals surface area contributed by atoms with Crippen molar-refractivity contribution in [3.8, 4) is 0 Å². The molecule has 0 fully saturated rings. The zero-order valence-corrected chi connectivity index (χ0v) is 20.6. The molecule has 3 aromatic rings. The SMILES string of the molecule is CN(C)C(=O)CN(CCCC[PH](c1ccccc1)(c1ccccc1)c1ccccc1)C(=N)N. The molecular weight excluding hydrogens is 427 g/mol. The summed E-state index contributed by atoms with van der Waals surface area (Å²) in [6.07, 6.45) is 2.88. The molecule has 0 saturated carbocycles. The van der Waals surface area contributed by atoms with E-state index in [1.54, 1.807) is 19.0 Å². The molecule has 0 aliphatic rings. The van der Waals surface area contributed by atoms with Gasteiger partial charge in [0.15, 0.2) is 0 Å². The van der Waals surface area contributed by atoms with Crippen molar-refractivity contribution in [1.29, 1.82) is 5.41 Å². The molecule has 174 valence electrons. The number of nitrogens with zero attached hydrogens (tertiary/aromatic N) is 2. The molecule has 0 atom stereocenters. The Morgan fingerprint density at radius 2 is 1.21 bits per heavy atom. The quantitative estimate of drug-likeness (QED) is 0.211. The number of carbonyl (C=O) groups excluding carboxylic acids is 1. The number of unbranched alkanes of at least 4 members (excludes halogenated alkanes) is 1. The second-order valence-electron chi connectivity index (χ2n) is 8.56. The van der Waals surface area contributed by atoms with Crippen LogP contribution in [0.4, 0.5) is 0 Å². The van der Waals surface area contributed by atoms with Gasteiger partial charge in [0.05, 0.1) is 0 Å². The first-order valence-electron chi connectivity index (χ1n) is 11.4. The number of hydrogen-bond donors (Lipinski definition) is 2. The van der Waals surface area contributed by atoms with Crippen LogP contribution < -0.4 is 21.6 Å². The van der Waals surface area contributed by atoms with Gasteiger partial charge < -0.3 is 0 Å². The van der Waals surface area contributed by atoms with Crippen molar-refractivity contribution in [3.63, 3.8) is 0 Å². The molecule has 3 N–H and O–H groups in total. The number of rotatable bonds is 10. The predicted molar refractivity (Wildman–Crippen MR) is 143 cm³/mol. The van der Waals surface area contributed by atoms with Crippen molar-refractivity contribution < 1.29 is 4.79 Å². The van der Waals surface area contributed by atoms with Gasteiger partial charge in [-0.05, 0) is 0 Å². The summed E-state index contributed by atoms with van der Waals surface area (Å²) >= 11 is 0. The molecule has 0 bridgehead atoms. The molecule has 0 spiro atoms. The van der Waals surface area contributed by atoms with Crippen molar-refractivity contribution in [2.45, 2.75) is 12.8 Å². The van der Waals surface area contributed by atoms with Crippen LogP contribution in [0.3, 0.4) is 0 Å². The van der Waals surface area contributed by atoms with Crippen LogP contribution in [-0.2, 0) is 4.79 Å². The first kappa shape index (κ1) is 24.5. The van der Waals surface area contributed by atoms with Crippen molar-refractivity contribution >= 4 is 35.0 Å². The maximum atomic E-state index is 12.1. The van der Waals surface area contributed by atoms with Gasteiger partial charge in [0, 0.05) is 0 Å². The number of nitrogens with one attached hydrogen (secondary N) is 1. The number of amides is 1. The summed E-state index contributed by atoms with van der Waals surface area (Å²) < 4.78 is 0. The van der Waals surface area contributed by atoms with E-state index in [9.17, 15) is 4.79 Å². The van der Waals surface area contributed by atoms with Crippen molar-refractivity contribution in [2.75, 3.05) is 33.3 Å². The molecule has 33 heavy (non-hydrogen) atoms. The summed E-state index contributed by atoms with van der Waals surface area (Å²) in [5, 5.41) is 12.1. The summed E-state index contributed by atoms with van der Waals surface area (Å²) in [6, 6.07) is 32.6. The second kappa shape index (κ2) is 11.6. The zero-order valence-electron chi connectivity index (χ0n) is 19.6. The van der Waals surface area contributed by atoms with E-state index in [1.165, 1.54) is 20.8 Å². The van der Waals surface area contributed by atoms with Gasteiger partial charge in [-0.25, -0.2) is 0 Å². The Bertz CT molecular complexity index is 929. The van der Waals surface area contributed by atoms with E-state index in [1.807, 2.05) is 0 Å². The normalized spacial score (nSPS) is 11.6. The molecule has 5 nitrogen and oxygen atoms in total. The third-order valence-corrected chi connectivity index (χ3v) is 11.3. The third kappa shape index (κ3) is 6.00. The second-order valence-corrected chi connectivity index (χ2v) is 12.6. The fourth-order valence-electron chi connectivity index (χ4n) is 4.38. The van der Waals surface area contributed by atoms with E-state index < -0.39 is 7.26 Å². The van der Waals surface area contributed by atoms with Crippen LogP contribution in [0.2, 0.25) is 0 Å². The fourth-order valence-corrected chi connectivity index (χ4v) is 9.31. The fraction of sp³-hybridized carbons (Fsp3) is 0.259.